The topological polar surface area (TPSA) is 50.0 Å². The lowest BCUT2D eigenvalue weighted by atomic mass is 10.00. The second kappa shape index (κ2) is 5.63. The smallest absolute Gasteiger partial charge is 0.393 e. The van der Waals surface area contributed by atoms with Gasteiger partial charge in [0.15, 0.2) is 6.20 Å². The first-order chi connectivity index (χ1) is 9.00. The van der Waals surface area contributed by atoms with E-state index in [0.717, 1.165) is 16.7 Å². The van der Waals surface area contributed by atoms with Gasteiger partial charge in [-0.1, -0.05) is 12.1 Å². The third kappa shape index (κ3) is 2.91. The second-order valence-electron chi connectivity index (χ2n) is 4.66. The molecule has 4 heteroatoms. The molecule has 0 spiro atoms. The van der Waals surface area contributed by atoms with Crippen LogP contribution < -0.4 is 4.73 Å². The molecule has 0 aliphatic carbocycles. The Hall–Kier alpha value is -1.52. The zero-order valence-corrected chi connectivity index (χ0v) is 12.2. The molecule has 1 aromatic carbocycles. The fourth-order valence-electron chi connectivity index (χ4n) is 2.03. The third-order valence-corrected chi connectivity index (χ3v) is 4.73. The van der Waals surface area contributed by atoms with Crippen LogP contribution in [-0.2, 0) is 16.9 Å². The number of hydrogen-bond donors (Lipinski definition) is 0. The van der Waals surface area contributed by atoms with Crippen LogP contribution in [0.25, 0.3) is 0 Å². The number of aryl methyl sites for hydroxylation is 2. The van der Waals surface area contributed by atoms with Crippen LogP contribution in [-0.4, -0.2) is 4.55 Å². The Labute approximate surface area is 116 Å². The summed E-state index contributed by atoms with van der Waals surface area (Å²) in [5.41, 5.74) is 4.52. The maximum absolute atomic E-state index is 12.3. The van der Waals surface area contributed by atoms with Crippen LogP contribution in [0.2, 0.25) is 0 Å². The van der Waals surface area contributed by atoms with E-state index in [0.29, 0.717) is 15.5 Å². The Bertz CT molecular complexity index is 599. The summed E-state index contributed by atoms with van der Waals surface area (Å²) in [5, 5.41) is 11.9. The zero-order chi connectivity index (χ0) is 14.0. The van der Waals surface area contributed by atoms with Gasteiger partial charge in [0.05, 0.1) is 17.2 Å². The summed E-state index contributed by atoms with van der Waals surface area (Å²) >= 11 is -1.32. The van der Waals surface area contributed by atoms with Crippen molar-refractivity contribution in [1.29, 1.82) is 0 Å². The SMILES string of the molecule is Cc1ccc(C)c(C[S+]([O-])c2cccc[n+]2[O-])c1C. The molecule has 0 bridgehead atoms. The number of aromatic nitrogens is 1. The summed E-state index contributed by atoms with van der Waals surface area (Å²) in [6, 6.07) is 9.08. The molecule has 0 saturated carbocycles. The summed E-state index contributed by atoms with van der Waals surface area (Å²) in [5.74, 6) is 0.381. The van der Waals surface area contributed by atoms with E-state index >= 15 is 0 Å². The number of hydrogen-bond acceptors (Lipinski definition) is 2. The fraction of sp³-hybridized carbons (Fsp3) is 0.267. The van der Waals surface area contributed by atoms with Crippen LogP contribution in [0.1, 0.15) is 22.3 Å². The quantitative estimate of drug-likeness (QED) is 0.491. The molecule has 0 amide bonds. The van der Waals surface area contributed by atoms with Crippen LogP contribution in [0.4, 0.5) is 0 Å². The van der Waals surface area contributed by atoms with Gasteiger partial charge in [-0.15, -0.1) is 4.73 Å². The average Bonchev–Trinajstić information content (AvgIpc) is 2.39. The van der Waals surface area contributed by atoms with Gasteiger partial charge in [0.1, 0.15) is 5.75 Å². The van der Waals surface area contributed by atoms with E-state index in [1.807, 2.05) is 26.8 Å². The van der Waals surface area contributed by atoms with Gasteiger partial charge in [-0.2, -0.15) is 0 Å². The molecule has 1 heterocycles. The maximum atomic E-state index is 12.3. The average molecular weight is 275 g/mol. The van der Waals surface area contributed by atoms with Crippen molar-refractivity contribution in [3.05, 3.63) is 64.0 Å². The largest absolute Gasteiger partial charge is 0.615 e. The van der Waals surface area contributed by atoms with Gasteiger partial charge in [-0.25, -0.2) is 0 Å². The zero-order valence-electron chi connectivity index (χ0n) is 11.3. The van der Waals surface area contributed by atoms with E-state index < -0.39 is 11.2 Å². The van der Waals surface area contributed by atoms with E-state index in [9.17, 15) is 9.76 Å². The van der Waals surface area contributed by atoms with Crippen LogP contribution >= 0.6 is 0 Å². The number of rotatable bonds is 3. The van der Waals surface area contributed by atoms with Gasteiger partial charge in [0.25, 0.3) is 0 Å². The van der Waals surface area contributed by atoms with Crippen molar-refractivity contribution in [3.8, 4) is 0 Å². The van der Waals surface area contributed by atoms with Crippen LogP contribution in [0.5, 0.6) is 0 Å². The molecule has 1 aromatic heterocycles. The molecule has 0 fully saturated rings. The molecule has 19 heavy (non-hydrogen) atoms. The first-order valence-electron chi connectivity index (χ1n) is 6.13. The molecule has 2 rings (SSSR count). The minimum absolute atomic E-state index is 0.308. The van der Waals surface area contributed by atoms with E-state index in [4.69, 9.17) is 0 Å². The summed E-state index contributed by atoms with van der Waals surface area (Å²) in [7, 11) is 0. The van der Waals surface area contributed by atoms with Crippen molar-refractivity contribution in [3.63, 3.8) is 0 Å². The highest BCUT2D eigenvalue weighted by molar-refractivity contribution is 7.90. The van der Waals surface area contributed by atoms with E-state index in [1.165, 1.54) is 11.8 Å². The van der Waals surface area contributed by atoms with Crippen LogP contribution in [0.3, 0.4) is 0 Å². The van der Waals surface area contributed by atoms with E-state index in [1.54, 1.807) is 18.2 Å². The highest BCUT2D eigenvalue weighted by atomic mass is 32.2. The fourth-order valence-corrected chi connectivity index (χ4v) is 3.37. The molecule has 0 aliphatic rings. The van der Waals surface area contributed by atoms with Crippen LogP contribution in [0.15, 0.2) is 41.6 Å². The maximum Gasteiger partial charge on any atom is 0.393 e. The van der Waals surface area contributed by atoms with Crippen LogP contribution in [0, 0.1) is 26.0 Å². The number of pyridine rings is 1. The summed E-state index contributed by atoms with van der Waals surface area (Å²) in [6.45, 7) is 6.08. The van der Waals surface area contributed by atoms with Crippen molar-refractivity contribution >= 4 is 11.2 Å². The molecule has 3 nitrogen and oxygen atoms in total. The highest BCUT2D eigenvalue weighted by Gasteiger charge is 2.22. The monoisotopic (exact) mass is 275 g/mol. The van der Waals surface area contributed by atoms with Gasteiger partial charge in [0, 0.05) is 11.6 Å². The molecule has 1 atom stereocenters. The van der Waals surface area contributed by atoms with Crippen molar-refractivity contribution in [2.75, 3.05) is 0 Å². The van der Waals surface area contributed by atoms with Gasteiger partial charge in [-0.05, 0) is 43.5 Å². The standard InChI is InChI=1S/C15H17NO2S/c1-11-7-8-12(2)14(13(11)3)10-19(18)15-6-4-5-9-16(15)17/h4-9H,10H2,1-3H3. The first-order valence-corrected chi connectivity index (χ1v) is 7.45. The van der Waals surface area contributed by atoms with Crippen molar-refractivity contribution in [1.82, 2.24) is 0 Å². The number of benzene rings is 1. The lowest BCUT2D eigenvalue weighted by Crippen LogP contribution is -2.33. The number of nitrogens with zero attached hydrogens (tertiary/aromatic N) is 1. The molecule has 0 aliphatic heterocycles. The molecule has 0 radical (unpaired) electrons. The van der Waals surface area contributed by atoms with Crippen molar-refractivity contribution in [2.24, 2.45) is 0 Å². The molecule has 0 N–H and O–H groups in total. The Morgan fingerprint density at radius 2 is 1.74 bits per heavy atom. The predicted octanol–water partition coefficient (Wildman–Crippen LogP) is 2.55. The van der Waals surface area contributed by atoms with Gasteiger partial charge in [-0.3, -0.25) is 0 Å². The third-order valence-electron chi connectivity index (χ3n) is 3.40. The summed E-state index contributed by atoms with van der Waals surface area (Å²) < 4.78 is 13.0. The predicted molar refractivity (Wildman–Crippen MR) is 76.2 cm³/mol. The van der Waals surface area contributed by atoms with Gasteiger partial charge >= 0.3 is 5.03 Å². The molecule has 100 valence electrons. The normalized spacial score (nSPS) is 12.4. The lowest BCUT2D eigenvalue weighted by molar-refractivity contribution is -0.646. The molecular weight excluding hydrogens is 258 g/mol. The van der Waals surface area contributed by atoms with Gasteiger partial charge < -0.3 is 9.76 Å². The first kappa shape index (κ1) is 13.9. The summed E-state index contributed by atoms with van der Waals surface area (Å²) in [6.07, 6.45) is 1.38. The summed E-state index contributed by atoms with van der Waals surface area (Å²) in [4.78, 5) is 0. The Balaban J connectivity index is 2.32. The molecule has 2 aromatic rings. The van der Waals surface area contributed by atoms with Crippen molar-refractivity contribution < 1.29 is 9.28 Å². The lowest BCUT2D eigenvalue weighted by Gasteiger charge is -2.14. The van der Waals surface area contributed by atoms with E-state index in [-0.39, 0.29) is 0 Å². The molecule has 0 saturated heterocycles. The Morgan fingerprint density at radius 3 is 2.42 bits per heavy atom. The Kier molecular flexibility index (Phi) is 4.12. The molecule has 1 unspecified atom stereocenters. The second-order valence-corrected chi connectivity index (χ2v) is 6.06. The molecular formula is C15H17NO2S. The van der Waals surface area contributed by atoms with Gasteiger partial charge in [0.2, 0.25) is 0 Å². The minimum Gasteiger partial charge on any atom is -0.615 e. The van der Waals surface area contributed by atoms with Crippen molar-refractivity contribution in [2.45, 2.75) is 31.6 Å². The van der Waals surface area contributed by atoms with E-state index in [2.05, 4.69) is 6.07 Å². The highest BCUT2D eigenvalue weighted by Crippen LogP contribution is 2.22. The Morgan fingerprint density at radius 1 is 1.05 bits per heavy atom. The minimum atomic E-state index is -1.32.